The summed E-state index contributed by atoms with van der Waals surface area (Å²) >= 11 is 1.58. The summed E-state index contributed by atoms with van der Waals surface area (Å²) in [6, 6.07) is 1.83. The molecule has 3 aliphatic rings. The first-order valence-electron chi connectivity index (χ1n) is 13.2. The van der Waals surface area contributed by atoms with E-state index in [0.717, 1.165) is 61.8 Å². The Hall–Kier alpha value is -1.94. The molecule has 1 saturated carbocycles. The van der Waals surface area contributed by atoms with Crippen LogP contribution in [-0.2, 0) is 24.2 Å². The number of anilines is 1. The number of Topliss-reactive ketones (excluding diaryl/α,β-unsaturated/α-hetero) is 1. The van der Waals surface area contributed by atoms with Crippen molar-refractivity contribution in [2.75, 3.05) is 31.1 Å². The summed E-state index contributed by atoms with van der Waals surface area (Å²) in [5.74, 6) is 0.842. The average molecular weight is 525 g/mol. The van der Waals surface area contributed by atoms with E-state index in [2.05, 4.69) is 10.1 Å². The van der Waals surface area contributed by atoms with E-state index < -0.39 is 12.1 Å². The predicted molar refractivity (Wildman–Crippen MR) is 132 cm³/mol. The van der Waals surface area contributed by atoms with Crippen molar-refractivity contribution < 1.29 is 22.5 Å². The van der Waals surface area contributed by atoms with Gasteiger partial charge in [0.1, 0.15) is 11.5 Å². The Kier molecular flexibility index (Phi) is 7.72. The molecule has 2 aromatic rings. The fourth-order valence-corrected chi connectivity index (χ4v) is 7.04. The molecule has 2 aliphatic heterocycles. The monoisotopic (exact) mass is 524 g/mol. The van der Waals surface area contributed by atoms with Crippen molar-refractivity contribution in [3.63, 3.8) is 0 Å². The molecule has 1 atom stereocenters. The molecule has 1 saturated heterocycles. The van der Waals surface area contributed by atoms with E-state index in [0.29, 0.717) is 37.0 Å². The first kappa shape index (κ1) is 25.7. The van der Waals surface area contributed by atoms with Gasteiger partial charge in [0.25, 0.3) is 0 Å². The van der Waals surface area contributed by atoms with Crippen LogP contribution in [0.5, 0.6) is 0 Å². The molecule has 2 fully saturated rings. The predicted octanol–water partition coefficient (Wildman–Crippen LogP) is 5.58. The Morgan fingerprint density at radius 1 is 1.17 bits per heavy atom. The molecule has 36 heavy (non-hydrogen) atoms. The van der Waals surface area contributed by atoms with Crippen molar-refractivity contribution in [3.05, 3.63) is 28.1 Å². The van der Waals surface area contributed by atoms with Crippen molar-refractivity contribution in [3.8, 4) is 0 Å². The second kappa shape index (κ2) is 10.8. The number of carbonyl (C=O) groups is 1. The minimum absolute atomic E-state index is 0.0353. The van der Waals surface area contributed by atoms with Crippen LogP contribution < -0.4 is 4.90 Å². The standard InChI is InChI=1S/C26H35F3N4O2S/c1-17-12-22(35-31-17)14-21(34)13-19-4-2-18(3-5-19)6-9-32-10-8-24-23(16-32)30-25(36-24)33-11-7-20(15-33)26(27,28)29/h12,18-20H,2-11,13-16H2,1H3. The number of halogens is 3. The summed E-state index contributed by atoms with van der Waals surface area (Å²) in [5.41, 5.74) is 1.87. The van der Waals surface area contributed by atoms with Crippen LogP contribution in [0.15, 0.2) is 10.6 Å². The second-order valence-electron chi connectivity index (χ2n) is 10.9. The topological polar surface area (TPSA) is 62.5 Å². The highest BCUT2D eigenvalue weighted by Crippen LogP contribution is 2.39. The Balaban J connectivity index is 1.03. The molecule has 0 aromatic carbocycles. The maximum absolute atomic E-state index is 13.1. The fourth-order valence-electron chi connectivity index (χ4n) is 5.94. The lowest BCUT2D eigenvalue weighted by Gasteiger charge is -2.31. The molecule has 198 valence electrons. The van der Waals surface area contributed by atoms with Crippen LogP contribution in [0, 0.1) is 24.7 Å². The number of alkyl halides is 3. The fraction of sp³-hybridized carbons (Fsp3) is 0.731. The van der Waals surface area contributed by atoms with E-state index >= 15 is 0 Å². The maximum atomic E-state index is 13.1. The van der Waals surface area contributed by atoms with Crippen LogP contribution in [0.1, 0.15) is 67.0 Å². The smallest absolute Gasteiger partial charge is 0.361 e. The molecule has 2 aromatic heterocycles. The molecule has 0 radical (unpaired) electrons. The Labute approximate surface area is 214 Å². The molecule has 0 amide bonds. The molecule has 0 bridgehead atoms. The lowest BCUT2D eigenvalue weighted by molar-refractivity contribution is -0.168. The van der Waals surface area contributed by atoms with Crippen LogP contribution in [0.2, 0.25) is 0 Å². The van der Waals surface area contributed by atoms with Gasteiger partial charge in [-0.25, -0.2) is 4.98 Å². The molecule has 1 unspecified atom stereocenters. The number of aromatic nitrogens is 2. The van der Waals surface area contributed by atoms with Crippen molar-refractivity contribution in [1.82, 2.24) is 15.0 Å². The van der Waals surface area contributed by atoms with E-state index in [4.69, 9.17) is 9.51 Å². The van der Waals surface area contributed by atoms with Crippen molar-refractivity contribution in [2.24, 2.45) is 17.8 Å². The van der Waals surface area contributed by atoms with E-state index in [1.807, 2.05) is 17.9 Å². The van der Waals surface area contributed by atoms with E-state index in [1.54, 1.807) is 11.3 Å². The summed E-state index contributed by atoms with van der Waals surface area (Å²) in [6.45, 7) is 5.16. The molecule has 0 N–H and O–H groups in total. The lowest BCUT2D eigenvalue weighted by Crippen LogP contribution is -2.32. The molecule has 10 heteroatoms. The molecular weight excluding hydrogens is 489 g/mol. The van der Waals surface area contributed by atoms with E-state index in [1.165, 1.54) is 17.7 Å². The number of thiazole rings is 1. The second-order valence-corrected chi connectivity index (χ2v) is 12.0. The summed E-state index contributed by atoms with van der Waals surface area (Å²) in [6.07, 6.45) is 3.69. The first-order chi connectivity index (χ1) is 17.2. The molecule has 1 aliphatic carbocycles. The number of ketones is 1. The lowest BCUT2D eigenvalue weighted by atomic mass is 9.78. The van der Waals surface area contributed by atoms with Crippen LogP contribution in [0.4, 0.5) is 18.3 Å². The van der Waals surface area contributed by atoms with Gasteiger partial charge < -0.3 is 9.42 Å². The summed E-state index contributed by atoms with van der Waals surface area (Å²) in [7, 11) is 0. The van der Waals surface area contributed by atoms with Gasteiger partial charge in [-0.2, -0.15) is 13.2 Å². The number of hydrogen-bond donors (Lipinski definition) is 0. The number of carbonyl (C=O) groups excluding carboxylic acids is 1. The summed E-state index contributed by atoms with van der Waals surface area (Å²) in [4.78, 5) is 22.7. The zero-order chi connectivity index (χ0) is 25.3. The van der Waals surface area contributed by atoms with Crippen molar-refractivity contribution >= 4 is 22.3 Å². The zero-order valence-corrected chi connectivity index (χ0v) is 21.7. The van der Waals surface area contributed by atoms with E-state index in [9.17, 15) is 18.0 Å². The number of rotatable bonds is 8. The van der Waals surface area contributed by atoms with Gasteiger partial charge in [0.05, 0.1) is 23.7 Å². The third-order valence-electron chi connectivity index (χ3n) is 8.10. The quantitative estimate of drug-likeness (QED) is 0.449. The molecule has 0 spiro atoms. The van der Waals surface area contributed by atoms with Crippen LogP contribution >= 0.6 is 11.3 Å². The molecule has 6 nitrogen and oxygen atoms in total. The number of aryl methyl sites for hydroxylation is 1. The van der Waals surface area contributed by atoms with E-state index in [-0.39, 0.29) is 18.7 Å². The van der Waals surface area contributed by atoms with Gasteiger partial charge in [-0.3, -0.25) is 9.69 Å². The van der Waals surface area contributed by atoms with Crippen molar-refractivity contribution in [2.45, 2.75) is 77.4 Å². The highest BCUT2D eigenvalue weighted by molar-refractivity contribution is 7.15. The number of nitrogens with zero attached hydrogens (tertiary/aromatic N) is 4. The minimum Gasteiger partial charge on any atom is -0.361 e. The third-order valence-corrected chi connectivity index (χ3v) is 9.32. The zero-order valence-electron chi connectivity index (χ0n) is 20.9. The van der Waals surface area contributed by atoms with Gasteiger partial charge >= 0.3 is 6.18 Å². The maximum Gasteiger partial charge on any atom is 0.393 e. The minimum atomic E-state index is -4.12. The third kappa shape index (κ3) is 6.30. The van der Waals surface area contributed by atoms with Crippen LogP contribution in [0.3, 0.4) is 0 Å². The average Bonchev–Trinajstić information content (AvgIpc) is 3.57. The van der Waals surface area contributed by atoms with Crippen LogP contribution in [0.25, 0.3) is 0 Å². The van der Waals surface area contributed by atoms with Gasteiger partial charge in [0.2, 0.25) is 0 Å². The summed E-state index contributed by atoms with van der Waals surface area (Å²) in [5, 5.41) is 4.62. The van der Waals surface area contributed by atoms with Gasteiger partial charge in [0, 0.05) is 43.5 Å². The molecular formula is C26H35F3N4O2S. The Morgan fingerprint density at radius 2 is 1.94 bits per heavy atom. The molecule has 5 rings (SSSR count). The van der Waals surface area contributed by atoms with Gasteiger partial charge in [0.15, 0.2) is 5.13 Å². The van der Waals surface area contributed by atoms with Crippen LogP contribution in [-0.4, -0.2) is 53.2 Å². The number of fused-ring (bicyclic) bond motifs is 1. The summed E-state index contributed by atoms with van der Waals surface area (Å²) < 4.78 is 44.3. The normalized spacial score (nSPS) is 25.3. The van der Waals surface area contributed by atoms with Crippen molar-refractivity contribution in [1.29, 1.82) is 0 Å². The highest BCUT2D eigenvalue weighted by atomic mass is 32.1. The molecule has 4 heterocycles. The number of hydrogen-bond acceptors (Lipinski definition) is 7. The highest BCUT2D eigenvalue weighted by Gasteiger charge is 2.44. The first-order valence-corrected chi connectivity index (χ1v) is 14.0. The SMILES string of the molecule is Cc1cc(CC(=O)CC2CCC(CCN3CCc4sc(N5CCC(C(F)(F)F)C5)nc4C3)CC2)on1. The largest absolute Gasteiger partial charge is 0.393 e. The van der Waals surface area contributed by atoms with Gasteiger partial charge in [-0.05, 0) is 57.4 Å². The van der Waals surface area contributed by atoms with Gasteiger partial charge in [-0.15, -0.1) is 11.3 Å². The van der Waals surface area contributed by atoms with Gasteiger partial charge in [-0.1, -0.05) is 18.0 Å². The Morgan fingerprint density at radius 3 is 2.64 bits per heavy atom. The Bertz CT molecular complexity index is 1040.